The molecule has 39 heavy (non-hydrogen) atoms. The van der Waals surface area contributed by atoms with E-state index in [0.29, 0.717) is 12.8 Å². The Labute approximate surface area is 230 Å². The van der Waals surface area contributed by atoms with E-state index in [0.717, 1.165) is 0 Å². The minimum atomic E-state index is -1.37. The molecule has 0 aliphatic carbocycles. The van der Waals surface area contributed by atoms with Crippen LogP contribution in [0.2, 0.25) is 0 Å². The number of aliphatic hydroxyl groups excluding tert-OH is 1. The zero-order valence-electron chi connectivity index (χ0n) is 24.4. The van der Waals surface area contributed by atoms with Crippen molar-refractivity contribution in [1.82, 2.24) is 4.90 Å². The minimum absolute atomic E-state index is 0.117. The summed E-state index contributed by atoms with van der Waals surface area (Å²) in [5.74, 6) is -4.95. The number of ether oxygens (including phenoxy) is 3. The van der Waals surface area contributed by atoms with Gasteiger partial charge in [0.1, 0.15) is 17.8 Å². The number of azide groups is 1. The van der Waals surface area contributed by atoms with Gasteiger partial charge in [0, 0.05) is 42.9 Å². The molecule has 2 rings (SSSR count). The maximum atomic E-state index is 13.9. The summed E-state index contributed by atoms with van der Waals surface area (Å²) < 4.78 is 17.4. The average molecular weight is 553 g/mol. The largest absolute Gasteiger partial charge is 0.458 e. The first-order valence-electron chi connectivity index (χ1n) is 13.7. The zero-order valence-corrected chi connectivity index (χ0v) is 24.4. The van der Waals surface area contributed by atoms with Crippen molar-refractivity contribution in [3.63, 3.8) is 0 Å². The molecule has 12 heteroatoms. The molecule has 0 spiro atoms. The van der Waals surface area contributed by atoms with E-state index in [1.54, 1.807) is 34.6 Å². The molecule has 0 saturated carbocycles. The van der Waals surface area contributed by atoms with Crippen LogP contribution in [-0.4, -0.2) is 83.3 Å². The van der Waals surface area contributed by atoms with Gasteiger partial charge in [-0.25, -0.2) is 4.79 Å². The molecular formula is C27H44N4O8. The number of hydrogen-bond acceptors (Lipinski definition) is 9. The van der Waals surface area contributed by atoms with Crippen LogP contribution in [-0.2, 0) is 28.6 Å². The number of rotatable bonds is 7. The Bertz CT molecular complexity index is 985. The molecule has 1 N–H and O–H groups in total. The number of carbonyl (C=O) groups excluding carboxylic acids is 4. The van der Waals surface area contributed by atoms with Crippen molar-refractivity contribution >= 4 is 23.6 Å². The molecule has 0 aromatic rings. The van der Waals surface area contributed by atoms with E-state index >= 15 is 0 Å². The summed E-state index contributed by atoms with van der Waals surface area (Å²) in [4.78, 5) is 57.7. The van der Waals surface area contributed by atoms with Crippen LogP contribution in [0, 0.1) is 23.7 Å². The molecule has 2 saturated heterocycles. The van der Waals surface area contributed by atoms with E-state index in [-0.39, 0.29) is 31.7 Å². The van der Waals surface area contributed by atoms with Crippen molar-refractivity contribution in [2.45, 2.75) is 104 Å². The molecule has 2 heterocycles. The lowest BCUT2D eigenvalue weighted by Gasteiger charge is -2.42. The topological polar surface area (TPSA) is 168 Å². The van der Waals surface area contributed by atoms with Crippen LogP contribution in [0.3, 0.4) is 0 Å². The fourth-order valence-electron chi connectivity index (χ4n) is 6.17. The molecule has 2 aliphatic heterocycles. The SMILES string of the molecule is CCC1OC(=O)[C@H](C)C(=O)[C@H](C)[C@@H](O)[C@](C)(OC)C[C@@H](C)C(=O)[C@H](C)[C@H]2N(CCCCN=[N+]=[N-])C(=O)O[C@]12C. The highest BCUT2D eigenvalue weighted by Crippen LogP contribution is 2.42. The third-order valence-electron chi connectivity index (χ3n) is 8.62. The predicted molar refractivity (Wildman–Crippen MR) is 142 cm³/mol. The number of ketones is 2. The molecular weight excluding hydrogens is 508 g/mol. The normalized spacial score (nSPS) is 38.4. The summed E-state index contributed by atoms with van der Waals surface area (Å²) in [6.07, 6.45) is -1.42. The minimum Gasteiger partial charge on any atom is -0.458 e. The number of hydrogen-bond donors (Lipinski definition) is 1. The van der Waals surface area contributed by atoms with Gasteiger partial charge in [0.05, 0.1) is 17.7 Å². The quantitative estimate of drug-likeness (QED) is 0.124. The van der Waals surface area contributed by atoms with Gasteiger partial charge in [-0.2, -0.15) is 0 Å². The number of unbranched alkanes of at least 4 members (excludes halogenated alkanes) is 1. The van der Waals surface area contributed by atoms with Crippen LogP contribution in [0.4, 0.5) is 4.79 Å². The molecule has 12 nitrogen and oxygen atoms in total. The van der Waals surface area contributed by atoms with Gasteiger partial charge in [0.15, 0.2) is 11.4 Å². The van der Waals surface area contributed by atoms with Crippen LogP contribution in [0.25, 0.3) is 10.4 Å². The van der Waals surface area contributed by atoms with Crippen LogP contribution >= 0.6 is 0 Å². The Morgan fingerprint density at radius 1 is 1.10 bits per heavy atom. The van der Waals surface area contributed by atoms with Crippen LogP contribution in [0.5, 0.6) is 0 Å². The van der Waals surface area contributed by atoms with Crippen LogP contribution in [0.15, 0.2) is 5.11 Å². The molecule has 0 bridgehead atoms. The van der Waals surface area contributed by atoms with Gasteiger partial charge in [-0.3, -0.25) is 14.4 Å². The first kappa shape index (κ1) is 32.5. The second-order valence-electron chi connectivity index (χ2n) is 11.4. The maximum absolute atomic E-state index is 13.9. The molecule has 1 unspecified atom stereocenters. The van der Waals surface area contributed by atoms with Crippen molar-refractivity contribution in [3.05, 3.63) is 10.4 Å². The van der Waals surface area contributed by atoms with Crippen molar-refractivity contribution in [3.8, 4) is 0 Å². The fourth-order valence-corrected chi connectivity index (χ4v) is 6.17. The third-order valence-corrected chi connectivity index (χ3v) is 8.62. The van der Waals surface area contributed by atoms with E-state index in [1.165, 1.54) is 25.9 Å². The maximum Gasteiger partial charge on any atom is 0.410 e. The number of carbonyl (C=O) groups is 4. The number of esters is 1. The summed E-state index contributed by atoms with van der Waals surface area (Å²) in [6, 6.07) is -0.774. The van der Waals surface area contributed by atoms with E-state index in [2.05, 4.69) is 10.0 Å². The molecule has 0 aromatic heterocycles. The number of amides is 1. The van der Waals surface area contributed by atoms with E-state index in [4.69, 9.17) is 19.7 Å². The standard InChI is InChI=1S/C27H44N4O8/c1-9-19-27(7)22(31(25(36)39-27)13-11-10-12-29-30-28)16(3)20(32)15(2)14-26(6,37-8)23(34)17(4)21(33)18(5)24(35)38-19/h15-19,22-23,34H,9-14H2,1-8H3/t15-,16+,17+,18-,19?,22-,23-,26-,27-/m1/s1. The molecule has 1 amide bonds. The van der Waals surface area contributed by atoms with Crippen molar-refractivity contribution < 1.29 is 38.5 Å². The summed E-state index contributed by atoms with van der Waals surface area (Å²) in [7, 11) is 1.41. The Morgan fingerprint density at radius 2 is 1.74 bits per heavy atom. The molecule has 0 radical (unpaired) electrons. The summed E-state index contributed by atoms with van der Waals surface area (Å²) in [5.41, 5.74) is 5.91. The number of nitrogens with zero attached hydrogens (tertiary/aromatic N) is 4. The lowest BCUT2D eigenvalue weighted by atomic mass is 9.73. The van der Waals surface area contributed by atoms with Crippen molar-refractivity contribution in [2.75, 3.05) is 20.2 Å². The van der Waals surface area contributed by atoms with E-state index < -0.39 is 71.0 Å². The molecule has 2 aliphatic rings. The van der Waals surface area contributed by atoms with Gasteiger partial charge in [0.25, 0.3) is 0 Å². The number of Topliss-reactive ketones (excluding diaryl/α,β-unsaturated/α-hetero) is 2. The fraction of sp³-hybridized carbons (Fsp3) is 0.852. The first-order valence-corrected chi connectivity index (χ1v) is 13.7. The smallest absolute Gasteiger partial charge is 0.410 e. The lowest BCUT2D eigenvalue weighted by Crippen LogP contribution is -2.58. The van der Waals surface area contributed by atoms with Crippen molar-refractivity contribution in [2.24, 2.45) is 28.8 Å². The second kappa shape index (κ2) is 13.1. The van der Waals surface area contributed by atoms with Crippen LogP contribution in [0.1, 0.15) is 74.1 Å². The Kier molecular flexibility index (Phi) is 10.9. The van der Waals surface area contributed by atoms with Crippen molar-refractivity contribution in [1.29, 1.82) is 0 Å². The second-order valence-corrected chi connectivity index (χ2v) is 11.4. The predicted octanol–water partition coefficient (Wildman–Crippen LogP) is 3.83. The van der Waals surface area contributed by atoms with E-state index in [9.17, 15) is 24.3 Å². The van der Waals surface area contributed by atoms with Gasteiger partial charge >= 0.3 is 12.1 Å². The van der Waals surface area contributed by atoms with E-state index in [1.807, 2.05) is 0 Å². The highest BCUT2D eigenvalue weighted by atomic mass is 16.6. The third kappa shape index (κ3) is 6.56. The summed E-state index contributed by atoms with van der Waals surface area (Å²) in [5, 5.41) is 14.7. The summed E-state index contributed by atoms with van der Waals surface area (Å²) >= 11 is 0. The number of cyclic esters (lactones) is 1. The highest BCUT2D eigenvalue weighted by Gasteiger charge is 2.60. The Balaban J connectivity index is 2.59. The van der Waals surface area contributed by atoms with Gasteiger partial charge < -0.3 is 24.2 Å². The highest BCUT2D eigenvalue weighted by molar-refractivity contribution is 6.00. The number of methoxy groups -OCH3 is 1. The van der Waals surface area contributed by atoms with Gasteiger partial charge in [-0.1, -0.05) is 32.8 Å². The number of aliphatic hydroxyl groups is 1. The lowest BCUT2D eigenvalue weighted by molar-refractivity contribution is -0.174. The Morgan fingerprint density at radius 3 is 2.31 bits per heavy atom. The summed E-state index contributed by atoms with van der Waals surface area (Å²) in [6.45, 7) is 12.0. The molecule has 220 valence electrons. The number of fused-ring (bicyclic) bond motifs is 1. The first-order chi connectivity index (χ1) is 18.2. The Hall–Kier alpha value is -2.69. The van der Waals surface area contributed by atoms with Gasteiger partial charge in [-0.15, -0.1) is 0 Å². The zero-order chi connectivity index (χ0) is 29.7. The molecule has 9 atom stereocenters. The van der Waals surface area contributed by atoms with Crippen LogP contribution < -0.4 is 0 Å². The van der Waals surface area contributed by atoms with Gasteiger partial charge in [0.2, 0.25) is 0 Å². The monoisotopic (exact) mass is 552 g/mol. The average Bonchev–Trinajstić information content (AvgIpc) is 3.17. The molecule has 2 fully saturated rings. The van der Waals surface area contributed by atoms with Gasteiger partial charge in [-0.05, 0) is 52.0 Å². The molecule has 0 aromatic carbocycles.